The number of amides is 1. The largest absolute Gasteiger partial charge is 0.354 e. The van der Waals surface area contributed by atoms with Crippen LogP contribution in [0, 0.1) is 5.92 Å². The summed E-state index contributed by atoms with van der Waals surface area (Å²) in [6.45, 7) is 10.1. The molecule has 23 heavy (non-hydrogen) atoms. The summed E-state index contributed by atoms with van der Waals surface area (Å²) in [6.07, 6.45) is 1.90. The fraction of sp³-hybridized carbons (Fsp3) is 0.933. The Labute approximate surface area is 140 Å². The molecule has 2 aliphatic heterocycles. The molecule has 1 atom stereocenters. The Morgan fingerprint density at radius 1 is 0.957 bits per heavy atom. The van der Waals surface area contributed by atoms with Crippen molar-refractivity contribution in [1.82, 2.24) is 18.8 Å². The van der Waals surface area contributed by atoms with Crippen molar-refractivity contribution in [1.29, 1.82) is 0 Å². The van der Waals surface area contributed by atoms with Gasteiger partial charge in [-0.15, -0.1) is 0 Å². The average Bonchev–Trinajstić information content (AvgIpc) is 3.07. The smallest absolute Gasteiger partial charge is 0.282 e. The highest BCUT2D eigenvalue weighted by Gasteiger charge is 2.35. The van der Waals surface area contributed by atoms with Crippen molar-refractivity contribution < 1.29 is 13.2 Å². The van der Waals surface area contributed by atoms with E-state index in [1.54, 1.807) is 8.61 Å². The lowest BCUT2D eigenvalue weighted by atomic mass is 10.2. The minimum absolute atomic E-state index is 0.0227. The van der Waals surface area contributed by atoms with Crippen LogP contribution in [0.5, 0.6) is 0 Å². The Bertz CT molecular complexity index is 495. The molecular weight excluding hydrogens is 316 g/mol. The van der Waals surface area contributed by atoms with Crippen LogP contribution >= 0.6 is 0 Å². The third-order valence-electron chi connectivity index (χ3n) is 4.60. The predicted octanol–water partition coefficient (Wildman–Crippen LogP) is 0.105. The van der Waals surface area contributed by atoms with Crippen LogP contribution in [0.1, 0.15) is 33.6 Å². The SMILES string of the molecule is CC(C)CNC(=O)[C@@H](C)N1CCN(S(=O)(=O)N2CCCC2)CC1. The molecule has 2 rings (SSSR count). The maximum Gasteiger partial charge on any atom is 0.282 e. The summed E-state index contributed by atoms with van der Waals surface area (Å²) >= 11 is 0. The van der Waals surface area contributed by atoms with Crippen molar-refractivity contribution in [2.75, 3.05) is 45.8 Å². The highest BCUT2D eigenvalue weighted by atomic mass is 32.2. The predicted molar refractivity (Wildman–Crippen MR) is 90.2 cm³/mol. The van der Waals surface area contributed by atoms with Gasteiger partial charge in [0.05, 0.1) is 6.04 Å². The molecule has 0 spiro atoms. The first-order chi connectivity index (χ1) is 10.8. The minimum atomic E-state index is -3.31. The van der Waals surface area contributed by atoms with Crippen LogP contribution in [-0.4, -0.2) is 79.7 Å². The molecule has 0 bridgehead atoms. The quantitative estimate of drug-likeness (QED) is 0.741. The Kier molecular flexibility index (Phi) is 6.41. The maximum absolute atomic E-state index is 12.5. The van der Waals surface area contributed by atoms with Crippen LogP contribution < -0.4 is 5.32 Å². The molecular formula is C15H30N4O3S. The van der Waals surface area contributed by atoms with Crippen LogP contribution in [0.3, 0.4) is 0 Å². The average molecular weight is 346 g/mol. The van der Waals surface area contributed by atoms with Crippen LogP contribution in [0.4, 0.5) is 0 Å². The van der Waals surface area contributed by atoms with E-state index in [9.17, 15) is 13.2 Å². The van der Waals surface area contributed by atoms with Gasteiger partial charge in [-0.05, 0) is 25.7 Å². The summed E-state index contributed by atoms with van der Waals surface area (Å²) in [5.74, 6) is 0.447. The zero-order valence-electron chi connectivity index (χ0n) is 14.5. The molecule has 1 amide bonds. The van der Waals surface area contributed by atoms with Gasteiger partial charge in [0, 0.05) is 45.8 Å². The molecule has 1 N–H and O–H groups in total. The minimum Gasteiger partial charge on any atom is -0.354 e. The standard InChI is InChI=1S/C15H30N4O3S/c1-13(2)12-16-15(20)14(3)17-8-10-19(11-9-17)23(21,22)18-6-4-5-7-18/h13-14H,4-12H2,1-3H3,(H,16,20)/t14-/m1/s1. The van der Waals surface area contributed by atoms with E-state index in [2.05, 4.69) is 24.1 Å². The summed E-state index contributed by atoms with van der Waals surface area (Å²) in [5, 5.41) is 2.94. The lowest BCUT2D eigenvalue weighted by molar-refractivity contribution is -0.126. The molecule has 2 fully saturated rings. The van der Waals surface area contributed by atoms with Gasteiger partial charge in [0.1, 0.15) is 0 Å². The fourth-order valence-corrected chi connectivity index (χ4v) is 4.69. The summed E-state index contributed by atoms with van der Waals surface area (Å²) < 4.78 is 28.2. The van der Waals surface area contributed by atoms with E-state index >= 15 is 0 Å². The number of hydrogen-bond donors (Lipinski definition) is 1. The monoisotopic (exact) mass is 346 g/mol. The second kappa shape index (κ2) is 7.92. The first-order valence-electron chi connectivity index (χ1n) is 8.59. The molecule has 2 heterocycles. The van der Waals surface area contributed by atoms with E-state index < -0.39 is 10.2 Å². The molecule has 0 unspecified atom stereocenters. The number of rotatable bonds is 6. The molecule has 7 nitrogen and oxygen atoms in total. The molecule has 0 aromatic carbocycles. The lowest BCUT2D eigenvalue weighted by Gasteiger charge is -2.38. The second-order valence-electron chi connectivity index (χ2n) is 6.86. The van der Waals surface area contributed by atoms with Crippen LogP contribution in [0.2, 0.25) is 0 Å². The van der Waals surface area contributed by atoms with Gasteiger partial charge in [0.25, 0.3) is 10.2 Å². The highest BCUT2D eigenvalue weighted by Crippen LogP contribution is 2.18. The van der Waals surface area contributed by atoms with Crippen molar-refractivity contribution in [3.63, 3.8) is 0 Å². The van der Waals surface area contributed by atoms with Gasteiger partial charge in [-0.25, -0.2) is 0 Å². The number of nitrogens with zero attached hydrogens (tertiary/aromatic N) is 3. The number of carbonyl (C=O) groups excluding carboxylic acids is 1. The summed E-state index contributed by atoms with van der Waals surface area (Å²) in [5.41, 5.74) is 0. The van der Waals surface area contributed by atoms with E-state index in [0.717, 1.165) is 12.8 Å². The lowest BCUT2D eigenvalue weighted by Crippen LogP contribution is -2.56. The van der Waals surface area contributed by atoms with Crippen molar-refractivity contribution in [2.24, 2.45) is 5.92 Å². The third kappa shape index (κ3) is 4.65. The third-order valence-corrected chi connectivity index (χ3v) is 6.64. The van der Waals surface area contributed by atoms with Crippen molar-refractivity contribution in [3.05, 3.63) is 0 Å². The number of carbonyl (C=O) groups is 1. The zero-order valence-corrected chi connectivity index (χ0v) is 15.3. The highest BCUT2D eigenvalue weighted by molar-refractivity contribution is 7.86. The van der Waals surface area contributed by atoms with Crippen molar-refractivity contribution in [3.8, 4) is 0 Å². The molecule has 0 saturated carbocycles. The molecule has 2 aliphatic rings. The van der Waals surface area contributed by atoms with Gasteiger partial charge < -0.3 is 5.32 Å². The van der Waals surface area contributed by atoms with Crippen LogP contribution in [-0.2, 0) is 15.0 Å². The summed E-state index contributed by atoms with van der Waals surface area (Å²) in [7, 11) is -3.31. The van der Waals surface area contributed by atoms with Gasteiger partial charge in [-0.3, -0.25) is 9.69 Å². The van der Waals surface area contributed by atoms with Gasteiger partial charge in [-0.1, -0.05) is 13.8 Å². The van der Waals surface area contributed by atoms with Crippen molar-refractivity contribution >= 4 is 16.1 Å². The molecule has 8 heteroatoms. The van der Waals surface area contributed by atoms with Gasteiger partial charge in [0.2, 0.25) is 5.91 Å². The Morgan fingerprint density at radius 2 is 1.48 bits per heavy atom. The first kappa shape index (κ1) is 18.6. The van der Waals surface area contributed by atoms with Crippen LogP contribution in [0.25, 0.3) is 0 Å². The topological polar surface area (TPSA) is 73.0 Å². The molecule has 134 valence electrons. The maximum atomic E-state index is 12.5. The van der Waals surface area contributed by atoms with Gasteiger partial charge in [0.15, 0.2) is 0 Å². The number of hydrogen-bond acceptors (Lipinski definition) is 4. The van der Waals surface area contributed by atoms with E-state index in [1.807, 2.05) is 6.92 Å². The summed E-state index contributed by atoms with van der Waals surface area (Å²) in [6, 6.07) is -0.217. The zero-order chi connectivity index (χ0) is 17.0. The van der Waals surface area contributed by atoms with E-state index in [-0.39, 0.29) is 11.9 Å². The molecule has 0 radical (unpaired) electrons. The molecule has 0 aromatic heterocycles. The van der Waals surface area contributed by atoms with Gasteiger partial charge >= 0.3 is 0 Å². The molecule has 2 saturated heterocycles. The van der Waals surface area contributed by atoms with E-state index in [4.69, 9.17) is 0 Å². The van der Waals surface area contributed by atoms with Crippen LogP contribution in [0.15, 0.2) is 0 Å². The first-order valence-corrected chi connectivity index (χ1v) is 9.99. The van der Waals surface area contributed by atoms with E-state index in [0.29, 0.717) is 51.7 Å². The number of nitrogens with one attached hydrogen (secondary N) is 1. The Morgan fingerprint density at radius 3 is 2.00 bits per heavy atom. The fourth-order valence-electron chi connectivity index (χ4n) is 3.02. The summed E-state index contributed by atoms with van der Waals surface area (Å²) in [4.78, 5) is 14.2. The Balaban J connectivity index is 1.84. The normalized spacial score (nSPS) is 23.3. The second-order valence-corrected chi connectivity index (χ2v) is 8.79. The van der Waals surface area contributed by atoms with Crippen molar-refractivity contribution in [2.45, 2.75) is 39.7 Å². The molecule has 0 aromatic rings. The number of piperazine rings is 1. The Hall–Kier alpha value is -0.700. The van der Waals surface area contributed by atoms with Gasteiger partial charge in [-0.2, -0.15) is 17.0 Å². The molecule has 0 aliphatic carbocycles. The van der Waals surface area contributed by atoms with E-state index in [1.165, 1.54) is 0 Å².